The van der Waals surface area contributed by atoms with Gasteiger partial charge in [-0.2, -0.15) is 0 Å². The lowest BCUT2D eigenvalue weighted by Crippen LogP contribution is -2.05. The van der Waals surface area contributed by atoms with E-state index in [1.807, 2.05) is 36.4 Å². The number of rotatable bonds is 8. The molecule has 0 radical (unpaired) electrons. The van der Waals surface area contributed by atoms with Crippen LogP contribution in [0.15, 0.2) is 36.4 Å². The topological polar surface area (TPSA) is 36.9 Å². The minimum atomic E-state index is 0.532. The highest BCUT2D eigenvalue weighted by Gasteiger charge is 2.06. The maximum atomic E-state index is 5.74. The molecule has 0 aliphatic carbocycles. The van der Waals surface area contributed by atoms with Crippen molar-refractivity contribution in [3.05, 3.63) is 36.4 Å². The molecule has 0 amide bonds. The van der Waals surface area contributed by atoms with Gasteiger partial charge in [0.1, 0.15) is 24.7 Å². The maximum absolute atomic E-state index is 5.74. The van der Waals surface area contributed by atoms with Crippen LogP contribution in [0.4, 0.5) is 0 Å². The van der Waals surface area contributed by atoms with Gasteiger partial charge in [0.05, 0.1) is 13.2 Å². The third-order valence-electron chi connectivity index (χ3n) is 2.93. The molecule has 0 spiro atoms. The molecule has 0 aliphatic heterocycles. The van der Waals surface area contributed by atoms with Gasteiger partial charge in [0.2, 0.25) is 0 Å². The standard InChI is InChI=1S/C16H20O4/c1-17-9-11-19-15-7-3-6-14-13(15)5-4-8-16(14)20-12-10-18-2/h3-8H,9-12H2,1-2H3. The lowest BCUT2D eigenvalue weighted by atomic mass is 10.1. The van der Waals surface area contributed by atoms with E-state index in [4.69, 9.17) is 18.9 Å². The molecule has 0 aliphatic rings. The number of benzene rings is 2. The SMILES string of the molecule is COCCOc1cccc2c(OCCOC)cccc12. The maximum Gasteiger partial charge on any atom is 0.127 e. The van der Waals surface area contributed by atoms with Crippen LogP contribution in [-0.2, 0) is 9.47 Å². The molecule has 0 aromatic heterocycles. The Balaban J connectivity index is 2.21. The van der Waals surface area contributed by atoms with Crippen LogP contribution < -0.4 is 9.47 Å². The Morgan fingerprint density at radius 2 is 1.10 bits per heavy atom. The monoisotopic (exact) mass is 276 g/mol. The molecule has 4 heteroatoms. The van der Waals surface area contributed by atoms with E-state index < -0.39 is 0 Å². The van der Waals surface area contributed by atoms with Gasteiger partial charge in [-0.1, -0.05) is 24.3 Å². The van der Waals surface area contributed by atoms with Crippen LogP contribution in [0.1, 0.15) is 0 Å². The summed E-state index contributed by atoms with van der Waals surface area (Å²) in [6.45, 7) is 2.20. The number of ether oxygens (including phenoxy) is 4. The van der Waals surface area contributed by atoms with Crippen molar-refractivity contribution in [3.63, 3.8) is 0 Å². The fourth-order valence-corrected chi connectivity index (χ4v) is 1.97. The fraction of sp³-hybridized carbons (Fsp3) is 0.375. The zero-order chi connectivity index (χ0) is 14.2. The summed E-state index contributed by atoms with van der Waals surface area (Å²) in [5.74, 6) is 1.69. The first kappa shape index (κ1) is 14.6. The summed E-state index contributed by atoms with van der Waals surface area (Å²) in [5.41, 5.74) is 0. The van der Waals surface area contributed by atoms with Crippen molar-refractivity contribution >= 4 is 10.8 Å². The highest BCUT2D eigenvalue weighted by molar-refractivity contribution is 5.93. The Kier molecular flexibility index (Phi) is 5.65. The van der Waals surface area contributed by atoms with Crippen LogP contribution in [0.2, 0.25) is 0 Å². The van der Waals surface area contributed by atoms with Crippen LogP contribution in [0, 0.1) is 0 Å². The van der Waals surface area contributed by atoms with E-state index in [1.54, 1.807) is 14.2 Å². The molecule has 2 rings (SSSR count). The molecule has 0 atom stereocenters. The highest BCUT2D eigenvalue weighted by Crippen LogP contribution is 2.32. The average Bonchev–Trinajstić information content (AvgIpc) is 2.48. The van der Waals surface area contributed by atoms with Crippen molar-refractivity contribution < 1.29 is 18.9 Å². The molecule has 20 heavy (non-hydrogen) atoms. The van der Waals surface area contributed by atoms with Crippen LogP contribution >= 0.6 is 0 Å². The molecule has 4 nitrogen and oxygen atoms in total. The number of hydrogen-bond donors (Lipinski definition) is 0. The molecule has 0 unspecified atom stereocenters. The van der Waals surface area contributed by atoms with Gasteiger partial charge in [-0.15, -0.1) is 0 Å². The summed E-state index contributed by atoms with van der Waals surface area (Å²) in [4.78, 5) is 0. The van der Waals surface area contributed by atoms with Crippen LogP contribution in [-0.4, -0.2) is 40.6 Å². The summed E-state index contributed by atoms with van der Waals surface area (Å²) >= 11 is 0. The van der Waals surface area contributed by atoms with Gasteiger partial charge in [-0.3, -0.25) is 0 Å². The molecule has 0 saturated heterocycles. The zero-order valence-electron chi connectivity index (χ0n) is 11.9. The lowest BCUT2D eigenvalue weighted by Gasteiger charge is -2.12. The highest BCUT2D eigenvalue weighted by atomic mass is 16.5. The quantitative estimate of drug-likeness (QED) is 0.695. The Morgan fingerprint density at radius 1 is 0.650 bits per heavy atom. The second kappa shape index (κ2) is 7.72. The Labute approximate surface area is 119 Å². The molecular weight excluding hydrogens is 256 g/mol. The number of methoxy groups -OCH3 is 2. The van der Waals surface area contributed by atoms with E-state index in [0.717, 1.165) is 22.3 Å². The smallest absolute Gasteiger partial charge is 0.127 e. The molecule has 0 heterocycles. The zero-order valence-corrected chi connectivity index (χ0v) is 11.9. The molecule has 0 saturated carbocycles. The Bertz CT molecular complexity index is 490. The van der Waals surface area contributed by atoms with Crippen molar-refractivity contribution in [2.24, 2.45) is 0 Å². The van der Waals surface area contributed by atoms with E-state index in [1.165, 1.54) is 0 Å². The van der Waals surface area contributed by atoms with Crippen molar-refractivity contribution in [3.8, 4) is 11.5 Å². The second-order valence-electron chi connectivity index (χ2n) is 4.29. The molecule has 0 bridgehead atoms. The minimum Gasteiger partial charge on any atom is -0.491 e. The molecule has 0 fully saturated rings. The predicted octanol–water partition coefficient (Wildman–Crippen LogP) is 2.89. The van der Waals surface area contributed by atoms with Crippen molar-refractivity contribution in [2.75, 3.05) is 40.6 Å². The third-order valence-corrected chi connectivity index (χ3v) is 2.93. The van der Waals surface area contributed by atoms with Gasteiger partial charge >= 0.3 is 0 Å². The molecule has 2 aromatic carbocycles. The summed E-state index contributed by atoms with van der Waals surface area (Å²) in [7, 11) is 3.32. The van der Waals surface area contributed by atoms with Gasteiger partial charge in [0.25, 0.3) is 0 Å². The fourth-order valence-electron chi connectivity index (χ4n) is 1.97. The van der Waals surface area contributed by atoms with Gasteiger partial charge in [0.15, 0.2) is 0 Å². The van der Waals surface area contributed by atoms with Gasteiger partial charge < -0.3 is 18.9 Å². The first-order chi connectivity index (χ1) is 9.86. The second-order valence-corrected chi connectivity index (χ2v) is 4.29. The molecule has 108 valence electrons. The summed E-state index contributed by atoms with van der Waals surface area (Å²) in [6.07, 6.45) is 0. The molecular formula is C16H20O4. The van der Waals surface area contributed by atoms with Crippen LogP contribution in [0.25, 0.3) is 10.8 Å². The van der Waals surface area contributed by atoms with Gasteiger partial charge in [-0.05, 0) is 12.1 Å². The van der Waals surface area contributed by atoms with Crippen LogP contribution in [0.3, 0.4) is 0 Å². The third kappa shape index (κ3) is 3.62. The van der Waals surface area contributed by atoms with E-state index in [9.17, 15) is 0 Å². The van der Waals surface area contributed by atoms with Crippen molar-refractivity contribution in [2.45, 2.75) is 0 Å². The lowest BCUT2D eigenvalue weighted by molar-refractivity contribution is 0.146. The van der Waals surface area contributed by atoms with Crippen LogP contribution in [0.5, 0.6) is 11.5 Å². The Hall–Kier alpha value is -1.78. The van der Waals surface area contributed by atoms with Crippen molar-refractivity contribution in [1.82, 2.24) is 0 Å². The first-order valence-corrected chi connectivity index (χ1v) is 6.62. The summed E-state index contributed by atoms with van der Waals surface area (Å²) in [5, 5.41) is 2.08. The number of hydrogen-bond acceptors (Lipinski definition) is 4. The number of fused-ring (bicyclic) bond motifs is 1. The first-order valence-electron chi connectivity index (χ1n) is 6.62. The normalized spacial score (nSPS) is 10.7. The molecule has 0 N–H and O–H groups in total. The summed E-state index contributed by atoms with van der Waals surface area (Å²) < 4.78 is 21.5. The largest absolute Gasteiger partial charge is 0.491 e. The van der Waals surface area contributed by atoms with Gasteiger partial charge in [0, 0.05) is 25.0 Å². The van der Waals surface area contributed by atoms with E-state index in [2.05, 4.69) is 0 Å². The van der Waals surface area contributed by atoms with E-state index in [-0.39, 0.29) is 0 Å². The van der Waals surface area contributed by atoms with Gasteiger partial charge in [-0.25, -0.2) is 0 Å². The predicted molar refractivity (Wildman–Crippen MR) is 78.7 cm³/mol. The van der Waals surface area contributed by atoms with E-state index >= 15 is 0 Å². The van der Waals surface area contributed by atoms with Crippen molar-refractivity contribution in [1.29, 1.82) is 0 Å². The molecule has 2 aromatic rings. The summed E-state index contributed by atoms with van der Waals surface area (Å²) in [6, 6.07) is 11.9. The van der Waals surface area contributed by atoms with E-state index in [0.29, 0.717) is 26.4 Å². The average molecular weight is 276 g/mol. The Morgan fingerprint density at radius 3 is 1.50 bits per heavy atom. The minimum absolute atomic E-state index is 0.532.